The Bertz CT molecular complexity index is 1110. The van der Waals surface area contributed by atoms with Crippen LogP contribution in [0, 0.1) is 5.82 Å². The molecule has 3 aromatic rings. The Labute approximate surface area is 189 Å². The molecule has 0 spiro atoms. The molecule has 8 nitrogen and oxygen atoms in total. The third-order valence-electron chi connectivity index (χ3n) is 5.34. The van der Waals surface area contributed by atoms with E-state index in [1.165, 1.54) is 36.8 Å². The molecule has 32 heavy (non-hydrogen) atoms. The third-order valence-corrected chi connectivity index (χ3v) is 5.66. The molecule has 10 heteroatoms. The molecule has 0 bridgehead atoms. The van der Waals surface area contributed by atoms with Gasteiger partial charge in [-0.05, 0) is 51.2 Å². The summed E-state index contributed by atoms with van der Waals surface area (Å²) in [6.45, 7) is 2.05. The zero-order valence-electron chi connectivity index (χ0n) is 17.4. The first-order valence-electron chi connectivity index (χ1n) is 10.2. The summed E-state index contributed by atoms with van der Waals surface area (Å²) in [5.74, 6) is -1.31. The van der Waals surface area contributed by atoms with Gasteiger partial charge >= 0.3 is 0 Å². The zero-order valence-corrected chi connectivity index (χ0v) is 18.1. The second kappa shape index (κ2) is 9.46. The van der Waals surface area contributed by atoms with Gasteiger partial charge in [-0.15, -0.1) is 0 Å². The lowest BCUT2D eigenvalue weighted by atomic mass is 10.1. The Morgan fingerprint density at radius 3 is 2.62 bits per heavy atom. The van der Waals surface area contributed by atoms with Crippen molar-refractivity contribution in [3.05, 3.63) is 70.5 Å². The molecule has 2 aromatic heterocycles. The molecule has 0 radical (unpaired) electrons. The van der Waals surface area contributed by atoms with E-state index in [2.05, 4.69) is 37.5 Å². The van der Waals surface area contributed by atoms with Crippen LogP contribution in [0.3, 0.4) is 0 Å². The van der Waals surface area contributed by atoms with Gasteiger partial charge in [0.2, 0.25) is 5.95 Å². The van der Waals surface area contributed by atoms with Gasteiger partial charge in [-0.25, -0.2) is 14.4 Å². The van der Waals surface area contributed by atoms with E-state index < -0.39 is 17.5 Å². The fraction of sp³-hybridized carbons (Fsp3) is 0.273. The highest BCUT2D eigenvalue weighted by Gasteiger charge is 2.21. The number of likely N-dealkylation sites (tertiary alicyclic amines) is 1. The van der Waals surface area contributed by atoms with Crippen molar-refractivity contribution in [2.45, 2.75) is 18.9 Å². The van der Waals surface area contributed by atoms with E-state index in [9.17, 15) is 14.0 Å². The van der Waals surface area contributed by atoms with E-state index in [1.807, 2.05) is 0 Å². The van der Waals surface area contributed by atoms with Gasteiger partial charge in [0, 0.05) is 17.8 Å². The number of anilines is 2. The number of halogens is 2. The minimum absolute atomic E-state index is 0.00768. The van der Waals surface area contributed by atoms with Crippen LogP contribution in [0.1, 0.15) is 39.3 Å². The highest BCUT2D eigenvalue weighted by molar-refractivity contribution is 6.35. The number of nitrogens with zero attached hydrogens (tertiary/aromatic N) is 3. The molecule has 0 atom stereocenters. The monoisotopic (exact) mass is 456 g/mol. The Kier molecular flexibility index (Phi) is 6.48. The van der Waals surface area contributed by atoms with Crippen LogP contribution < -0.4 is 10.6 Å². The van der Waals surface area contributed by atoms with E-state index >= 15 is 0 Å². The van der Waals surface area contributed by atoms with Crippen molar-refractivity contribution < 1.29 is 14.0 Å². The minimum Gasteiger partial charge on any atom is -0.356 e. The molecule has 166 valence electrons. The van der Waals surface area contributed by atoms with E-state index in [4.69, 9.17) is 11.6 Å². The molecule has 0 saturated carbocycles. The van der Waals surface area contributed by atoms with Gasteiger partial charge in [0.1, 0.15) is 11.5 Å². The number of carbonyl (C=O) groups is 2. The molecule has 3 N–H and O–H groups in total. The van der Waals surface area contributed by atoms with Crippen molar-refractivity contribution in [2.75, 3.05) is 30.8 Å². The van der Waals surface area contributed by atoms with Crippen molar-refractivity contribution in [3.63, 3.8) is 0 Å². The lowest BCUT2D eigenvalue weighted by molar-refractivity contribution is 0.102. The Balaban J connectivity index is 1.38. The maximum atomic E-state index is 14.0. The second-order valence-electron chi connectivity index (χ2n) is 7.70. The molecule has 0 aliphatic carbocycles. The fourth-order valence-electron chi connectivity index (χ4n) is 3.52. The standard InChI is InChI=1S/C22H22ClFN6O2/c1-30-7-5-14(6-8-30)29-22-26-11-15(12-27-22)28-21(32)18-9-13(10-25-18)20(31)19-16(23)3-2-4-17(19)24/h2-4,9-12,14,25H,5-8H2,1H3,(H,28,32)(H,26,27,29). The Morgan fingerprint density at radius 1 is 1.22 bits per heavy atom. The number of benzene rings is 1. The Hall–Kier alpha value is -3.30. The Morgan fingerprint density at radius 2 is 1.94 bits per heavy atom. The lowest BCUT2D eigenvalue weighted by Crippen LogP contribution is -2.37. The predicted molar refractivity (Wildman–Crippen MR) is 120 cm³/mol. The van der Waals surface area contributed by atoms with Gasteiger partial charge in [0.05, 0.1) is 28.7 Å². The van der Waals surface area contributed by atoms with Crippen LogP contribution in [0.25, 0.3) is 0 Å². The summed E-state index contributed by atoms with van der Waals surface area (Å²) < 4.78 is 14.0. The van der Waals surface area contributed by atoms with Crippen LogP contribution in [0.15, 0.2) is 42.9 Å². The third kappa shape index (κ3) is 4.95. The molecular formula is C22H22ClFN6O2. The number of piperidine rings is 1. The number of hydrogen-bond donors (Lipinski definition) is 3. The minimum atomic E-state index is -0.721. The molecule has 1 aliphatic rings. The van der Waals surface area contributed by atoms with Crippen LogP contribution in [-0.2, 0) is 0 Å². The smallest absolute Gasteiger partial charge is 0.272 e. The van der Waals surface area contributed by atoms with E-state index in [-0.39, 0.29) is 21.8 Å². The van der Waals surface area contributed by atoms with Crippen molar-refractivity contribution in [3.8, 4) is 0 Å². The molecule has 3 heterocycles. The summed E-state index contributed by atoms with van der Waals surface area (Å²) in [7, 11) is 2.10. The number of carbonyl (C=O) groups excluding carboxylic acids is 2. The van der Waals surface area contributed by atoms with Crippen LogP contribution in [0.5, 0.6) is 0 Å². The number of aromatic amines is 1. The number of nitrogens with one attached hydrogen (secondary N) is 3. The van der Waals surface area contributed by atoms with Gasteiger partial charge in [0.15, 0.2) is 5.78 Å². The van der Waals surface area contributed by atoms with Gasteiger partial charge in [0.25, 0.3) is 5.91 Å². The van der Waals surface area contributed by atoms with Crippen LogP contribution in [0.2, 0.25) is 5.02 Å². The molecule has 1 amide bonds. The van der Waals surface area contributed by atoms with Gasteiger partial charge in [-0.3, -0.25) is 9.59 Å². The average Bonchev–Trinajstić information content (AvgIpc) is 3.27. The maximum Gasteiger partial charge on any atom is 0.272 e. The number of hydrogen-bond acceptors (Lipinski definition) is 6. The summed E-state index contributed by atoms with van der Waals surface area (Å²) in [6, 6.07) is 5.68. The predicted octanol–water partition coefficient (Wildman–Crippen LogP) is 3.59. The highest BCUT2D eigenvalue weighted by atomic mass is 35.5. The fourth-order valence-corrected chi connectivity index (χ4v) is 3.77. The quantitative estimate of drug-likeness (QED) is 0.490. The number of amides is 1. The molecule has 1 aromatic carbocycles. The number of H-pyrrole nitrogens is 1. The first-order valence-corrected chi connectivity index (χ1v) is 10.5. The van der Waals surface area contributed by atoms with Crippen molar-refractivity contribution >= 4 is 34.9 Å². The molecule has 1 saturated heterocycles. The summed E-state index contributed by atoms with van der Waals surface area (Å²) in [5.41, 5.74) is 0.426. The molecule has 1 fully saturated rings. The molecule has 1 aliphatic heterocycles. The first-order chi connectivity index (χ1) is 15.4. The summed E-state index contributed by atoms with van der Waals surface area (Å²) in [6.07, 6.45) is 6.40. The van der Waals surface area contributed by atoms with E-state index in [1.54, 1.807) is 0 Å². The maximum absolute atomic E-state index is 14.0. The first kappa shape index (κ1) is 21.9. The van der Waals surface area contributed by atoms with E-state index in [0.29, 0.717) is 17.7 Å². The van der Waals surface area contributed by atoms with Crippen molar-refractivity contribution in [2.24, 2.45) is 0 Å². The second-order valence-corrected chi connectivity index (χ2v) is 8.11. The van der Waals surface area contributed by atoms with Crippen LogP contribution >= 0.6 is 11.6 Å². The topological polar surface area (TPSA) is 103 Å². The van der Waals surface area contributed by atoms with Crippen LogP contribution in [0.4, 0.5) is 16.0 Å². The number of rotatable bonds is 6. The number of ketones is 1. The summed E-state index contributed by atoms with van der Waals surface area (Å²) >= 11 is 5.96. The van der Waals surface area contributed by atoms with Gasteiger partial charge < -0.3 is 20.5 Å². The van der Waals surface area contributed by atoms with Crippen molar-refractivity contribution in [1.29, 1.82) is 0 Å². The van der Waals surface area contributed by atoms with Crippen LogP contribution in [-0.4, -0.2) is 57.7 Å². The highest BCUT2D eigenvalue weighted by Crippen LogP contribution is 2.23. The van der Waals surface area contributed by atoms with Gasteiger partial charge in [-0.1, -0.05) is 17.7 Å². The zero-order chi connectivity index (χ0) is 22.7. The number of aromatic nitrogens is 3. The largest absolute Gasteiger partial charge is 0.356 e. The normalized spacial score (nSPS) is 14.8. The average molecular weight is 457 g/mol. The van der Waals surface area contributed by atoms with E-state index in [0.717, 1.165) is 32.0 Å². The lowest BCUT2D eigenvalue weighted by Gasteiger charge is -2.29. The summed E-state index contributed by atoms with van der Waals surface area (Å²) in [4.78, 5) is 38.6. The molecular weight excluding hydrogens is 435 g/mol. The SMILES string of the molecule is CN1CCC(Nc2ncc(NC(=O)c3cc(C(=O)c4c(F)cccc4Cl)c[nH]3)cn2)CC1. The van der Waals surface area contributed by atoms with Gasteiger partial charge in [-0.2, -0.15) is 0 Å². The molecule has 0 unspecified atom stereocenters. The molecule has 4 rings (SSSR count). The van der Waals surface area contributed by atoms with Crippen molar-refractivity contribution in [1.82, 2.24) is 19.9 Å². The summed E-state index contributed by atoms with van der Waals surface area (Å²) in [5, 5.41) is 5.98.